The molecule has 0 aromatic carbocycles. The third kappa shape index (κ3) is 1.45. The Balaban J connectivity index is 2.12. The molecule has 0 aliphatic carbocycles. The van der Waals surface area contributed by atoms with Crippen molar-refractivity contribution < 1.29 is 0 Å². The summed E-state index contributed by atoms with van der Waals surface area (Å²) in [4.78, 5) is 0. The van der Waals surface area contributed by atoms with Crippen LogP contribution in [0.3, 0.4) is 0 Å². The second kappa shape index (κ2) is 2.28. The van der Waals surface area contributed by atoms with E-state index in [1.54, 1.807) is 0 Å². The van der Waals surface area contributed by atoms with Crippen molar-refractivity contribution in [3.05, 3.63) is 0 Å². The molecule has 2 heteroatoms. The summed E-state index contributed by atoms with van der Waals surface area (Å²) in [6, 6.07) is 0. The second-order valence-corrected chi connectivity index (χ2v) is 2.20. The molecule has 1 rings (SSSR count). The van der Waals surface area contributed by atoms with E-state index in [0.29, 0.717) is 0 Å². The van der Waals surface area contributed by atoms with E-state index in [9.17, 15) is 0 Å². The summed E-state index contributed by atoms with van der Waals surface area (Å²) in [5.41, 5.74) is 6.15. The fourth-order valence-electron chi connectivity index (χ4n) is 0.755. The standard InChI is InChI=1S/C5H12N2/c1-5-2-3-6-7-4-5/h5-7H,2-4H2,1H3. The van der Waals surface area contributed by atoms with Gasteiger partial charge in [-0.1, -0.05) is 6.92 Å². The Morgan fingerprint density at radius 3 is 2.57 bits per heavy atom. The molecule has 0 saturated carbocycles. The topological polar surface area (TPSA) is 24.1 Å². The molecular weight excluding hydrogens is 88.1 g/mol. The number of hydrazine groups is 1. The lowest BCUT2D eigenvalue weighted by atomic mass is 10.1. The van der Waals surface area contributed by atoms with Crippen LogP contribution in [-0.4, -0.2) is 13.1 Å². The smallest absolute Gasteiger partial charge is 0.0126 e. The van der Waals surface area contributed by atoms with Crippen molar-refractivity contribution in [2.75, 3.05) is 13.1 Å². The first-order valence-electron chi connectivity index (χ1n) is 2.85. The van der Waals surface area contributed by atoms with Crippen molar-refractivity contribution in [3.8, 4) is 0 Å². The first kappa shape index (κ1) is 5.06. The van der Waals surface area contributed by atoms with Gasteiger partial charge in [0.1, 0.15) is 0 Å². The summed E-state index contributed by atoms with van der Waals surface area (Å²) in [5, 5.41) is 0. The van der Waals surface area contributed by atoms with E-state index in [2.05, 4.69) is 17.8 Å². The molecule has 1 aliphatic heterocycles. The van der Waals surface area contributed by atoms with Crippen molar-refractivity contribution in [2.24, 2.45) is 5.92 Å². The molecule has 2 N–H and O–H groups in total. The van der Waals surface area contributed by atoms with Crippen molar-refractivity contribution in [2.45, 2.75) is 13.3 Å². The van der Waals surface area contributed by atoms with Gasteiger partial charge in [-0.05, 0) is 12.3 Å². The molecule has 1 heterocycles. The monoisotopic (exact) mass is 100 g/mol. The third-order valence-corrected chi connectivity index (χ3v) is 1.34. The molecule has 7 heavy (non-hydrogen) atoms. The van der Waals surface area contributed by atoms with Crippen LogP contribution in [0.5, 0.6) is 0 Å². The molecule has 0 radical (unpaired) electrons. The molecular formula is C5H12N2. The van der Waals surface area contributed by atoms with Gasteiger partial charge >= 0.3 is 0 Å². The first-order chi connectivity index (χ1) is 3.39. The minimum absolute atomic E-state index is 0.862. The third-order valence-electron chi connectivity index (χ3n) is 1.34. The van der Waals surface area contributed by atoms with Crippen LogP contribution in [0.2, 0.25) is 0 Å². The van der Waals surface area contributed by atoms with Gasteiger partial charge in [0.05, 0.1) is 0 Å². The van der Waals surface area contributed by atoms with Crippen LogP contribution in [0.4, 0.5) is 0 Å². The maximum atomic E-state index is 3.08. The van der Waals surface area contributed by atoms with Gasteiger partial charge in [-0.25, -0.2) is 0 Å². The largest absolute Gasteiger partial charge is 0.258 e. The van der Waals surface area contributed by atoms with Crippen LogP contribution in [-0.2, 0) is 0 Å². The summed E-state index contributed by atoms with van der Waals surface area (Å²) in [6.07, 6.45) is 1.31. The van der Waals surface area contributed by atoms with Gasteiger partial charge in [-0.3, -0.25) is 10.9 Å². The second-order valence-electron chi connectivity index (χ2n) is 2.20. The highest BCUT2D eigenvalue weighted by atomic mass is 15.4. The fraction of sp³-hybridized carbons (Fsp3) is 1.00. The van der Waals surface area contributed by atoms with Crippen molar-refractivity contribution in [1.29, 1.82) is 0 Å². The predicted octanol–water partition coefficient (Wildman–Crippen LogP) is 0.120. The molecule has 1 fully saturated rings. The van der Waals surface area contributed by atoms with Crippen molar-refractivity contribution in [1.82, 2.24) is 10.9 Å². The lowest BCUT2D eigenvalue weighted by Gasteiger charge is -2.18. The van der Waals surface area contributed by atoms with Gasteiger partial charge in [0.25, 0.3) is 0 Å². The van der Waals surface area contributed by atoms with E-state index < -0.39 is 0 Å². The highest BCUT2D eigenvalue weighted by Gasteiger charge is 2.04. The Kier molecular flexibility index (Phi) is 1.65. The number of nitrogens with one attached hydrogen (secondary N) is 2. The molecule has 0 aromatic rings. The summed E-state index contributed by atoms with van der Waals surface area (Å²) in [6.45, 7) is 4.51. The average molecular weight is 100 g/mol. The summed E-state index contributed by atoms with van der Waals surface area (Å²) >= 11 is 0. The molecule has 0 spiro atoms. The van der Waals surface area contributed by atoms with Crippen molar-refractivity contribution >= 4 is 0 Å². The van der Waals surface area contributed by atoms with Crippen LogP contribution >= 0.6 is 0 Å². The van der Waals surface area contributed by atoms with E-state index in [0.717, 1.165) is 19.0 Å². The maximum absolute atomic E-state index is 3.08. The minimum Gasteiger partial charge on any atom is -0.258 e. The Labute approximate surface area is 44.3 Å². The van der Waals surface area contributed by atoms with Crippen molar-refractivity contribution in [3.63, 3.8) is 0 Å². The Morgan fingerprint density at radius 1 is 1.43 bits per heavy atom. The Bertz CT molecular complexity index is 48.0. The highest BCUT2D eigenvalue weighted by molar-refractivity contribution is 4.60. The molecule has 42 valence electrons. The number of hydrogen-bond donors (Lipinski definition) is 2. The molecule has 1 unspecified atom stereocenters. The quantitative estimate of drug-likeness (QED) is 0.452. The SMILES string of the molecule is CC1CCNNC1. The minimum atomic E-state index is 0.862. The van der Waals surface area contributed by atoms with Crippen LogP contribution < -0.4 is 10.9 Å². The van der Waals surface area contributed by atoms with Crippen LogP contribution in [0, 0.1) is 5.92 Å². The molecule has 1 atom stereocenters. The van der Waals surface area contributed by atoms with Crippen LogP contribution in [0.15, 0.2) is 0 Å². The number of rotatable bonds is 0. The predicted molar refractivity (Wildman–Crippen MR) is 29.8 cm³/mol. The maximum Gasteiger partial charge on any atom is 0.0126 e. The van der Waals surface area contributed by atoms with E-state index in [1.807, 2.05) is 0 Å². The molecule has 1 saturated heterocycles. The Hall–Kier alpha value is -0.0800. The van der Waals surface area contributed by atoms with Crippen LogP contribution in [0.1, 0.15) is 13.3 Å². The van der Waals surface area contributed by atoms with Gasteiger partial charge < -0.3 is 0 Å². The van der Waals surface area contributed by atoms with E-state index in [1.165, 1.54) is 6.42 Å². The first-order valence-corrected chi connectivity index (χ1v) is 2.85. The molecule has 2 nitrogen and oxygen atoms in total. The Morgan fingerprint density at radius 2 is 2.29 bits per heavy atom. The normalized spacial score (nSPS) is 33.0. The van der Waals surface area contributed by atoms with E-state index in [-0.39, 0.29) is 0 Å². The highest BCUT2D eigenvalue weighted by Crippen LogP contribution is 1.99. The zero-order valence-electron chi connectivity index (χ0n) is 4.70. The van der Waals surface area contributed by atoms with Gasteiger partial charge in [0.15, 0.2) is 0 Å². The molecule has 1 aliphatic rings. The summed E-state index contributed by atoms with van der Waals surface area (Å²) in [5.74, 6) is 0.862. The van der Waals surface area contributed by atoms with Gasteiger partial charge in [-0.15, -0.1) is 0 Å². The zero-order valence-corrected chi connectivity index (χ0v) is 4.70. The summed E-state index contributed by atoms with van der Waals surface area (Å²) < 4.78 is 0. The number of hydrogen-bond acceptors (Lipinski definition) is 2. The zero-order chi connectivity index (χ0) is 5.11. The van der Waals surface area contributed by atoms with Crippen LogP contribution in [0.25, 0.3) is 0 Å². The summed E-state index contributed by atoms with van der Waals surface area (Å²) in [7, 11) is 0. The van der Waals surface area contributed by atoms with E-state index in [4.69, 9.17) is 0 Å². The lowest BCUT2D eigenvalue weighted by Crippen LogP contribution is -2.41. The van der Waals surface area contributed by atoms with Gasteiger partial charge in [0.2, 0.25) is 0 Å². The molecule has 0 amide bonds. The lowest BCUT2D eigenvalue weighted by molar-refractivity contribution is 0.356. The van der Waals surface area contributed by atoms with E-state index >= 15 is 0 Å². The molecule has 0 bridgehead atoms. The van der Waals surface area contributed by atoms with Gasteiger partial charge in [0, 0.05) is 13.1 Å². The average Bonchev–Trinajstić information content (AvgIpc) is 1.69. The van der Waals surface area contributed by atoms with Gasteiger partial charge in [-0.2, -0.15) is 0 Å². The molecule has 0 aromatic heterocycles. The fourth-order valence-corrected chi connectivity index (χ4v) is 0.755.